The van der Waals surface area contributed by atoms with E-state index in [9.17, 15) is 14.4 Å². The Morgan fingerprint density at radius 3 is 2.32 bits per heavy atom. The van der Waals surface area contributed by atoms with E-state index in [1.165, 1.54) is 49.8 Å². The molecule has 0 aliphatic carbocycles. The first-order valence-electron chi connectivity index (χ1n) is 12.6. The maximum atomic E-state index is 13.1. The van der Waals surface area contributed by atoms with Crippen molar-refractivity contribution in [2.45, 2.75) is 83.6 Å². The summed E-state index contributed by atoms with van der Waals surface area (Å²) in [6.07, 6.45) is 11.9. The number of benzene rings is 1. The molecule has 1 aliphatic heterocycles. The summed E-state index contributed by atoms with van der Waals surface area (Å²) in [5.74, 6) is -0.472. The van der Waals surface area contributed by atoms with Crippen LogP contribution in [-0.2, 0) is 14.3 Å². The van der Waals surface area contributed by atoms with Crippen molar-refractivity contribution in [3.63, 3.8) is 0 Å². The number of carbonyl (C=O) groups excluding carboxylic acids is 3. The Morgan fingerprint density at radius 1 is 1.06 bits per heavy atom. The molecular formula is C26H39BrN2O5. The molecule has 1 aromatic rings. The number of hydrogen-bond acceptors (Lipinski definition) is 5. The number of carbonyl (C=O) groups is 3. The summed E-state index contributed by atoms with van der Waals surface area (Å²) in [5.41, 5.74) is 0.422. The van der Waals surface area contributed by atoms with Crippen molar-refractivity contribution < 1.29 is 23.9 Å². The minimum absolute atomic E-state index is 0.146. The molecule has 2 amide bonds. The third-order valence-corrected chi connectivity index (χ3v) is 6.73. The summed E-state index contributed by atoms with van der Waals surface area (Å²) >= 11 is 3.39. The molecule has 2 rings (SSSR count). The third-order valence-electron chi connectivity index (χ3n) is 6.11. The number of ether oxygens (including phenoxy) is 2. The van der Waals surface area contributed by atoms with Gasteiger partial charge >= 0.3 is 5.97 Å². The fourth-order valence-corrected chi connectivity index (χ4v) is 4.66. The molecule has 1 atom stereocenters. The van der Waals surface area contributed by atoms with Crippen molar-refractivity contribution in [3.05, 3.63) is 28.2 Å². The number of nitrogens with one attached hydrogen (secondary N) is 1. The maximum Gasteiger partial charge on any atom is 0.308 e. The van der Waals surface area contributed by atoms with Crippen molar-refractivity contribution in [1.29, 1.82) is 0 Å². The molecular weight excluding hydrogens is 500 g/mol. The van der Waals surface area contributed by atoms with Gasteiger partial charge in [0.2, 0.25) is 5.91 Å². The summed E-state index contributed by atoms with van der Waals surface area (Å²) in [4.78, 5) is 39.4. The fourth-order valence-electron chi connectivity index (χ4n) is 4.12. The number of hydrogen-bond donors (Lipinski definition) is 1. The molecule has 0 bridgehead atoms. The van der Waals surface area contributed by atoms with Gasteiger partial charge in [-0.25, -0.2) is 0 Å². The van der Waals surface area contributed by atoms with E-state index in [0.717, 1.165) is 19.3 Å². The van der Waals surface area contributed by atoms with Crippen LogP contribution in [0.3, 0.4) is 0 Å². The second-order valence-corrected chi connectivity index (χ2v) is 9.62. The Morgan fingerprint density at radius 2 is 1.71 bits per heavy atom. The fraction of sp³-hybridized carbons (Fsp3) is 0.654. The minimum atomic E-state index is -0.873. The first kappa shape index (κ1) is 28.1. The molecule has 0 spiro atoms. The lowest BCUT2D eigenvalue weighted by molar-refractivity contribution is -0.147. The smallest absolute Gasteiger partial charge is 0.308 e. The molecule has 1 saturated heterocycles. The molecule has 1 aliphatic rings. The van der Waals surface area contributed by atoms with E-state index < -0.39 is 12.0 Å². The van der Waals surface area contributed by atoms with E-state index in [1.807, 2.05) is 0 Å². The minimum Gasteiger partial charge on any atom is -0.496 e. The summed E-state index contributed by atoms with van der Waals surface area (Å²) in [5, 5.41) is 2.75. The number of amides is 2. The number of esters is 1. The average Bonchev–Trinajstić information content (AvgIpc) is 2.83. The lowest BCUT2D eigenvalue weighted by Gasteiger charge is -2.34. The van der Waals surface area contributed by atoms with Crippen LogP contribution in [0.25, 0.3) is 0 Å². The standard InChI is InChI=1S/C26H39BrN2O5/c1-3-4-5-6-7-8-9-10-11-12-17-34-24(30)19-22-25(31)28-15-16-29(22)26(32)20-13-14-23(33-2)21(27)18-20/h13-14,18,22H,3-12,15-17,19H2,1-2H3,(H,28,31). The number of nitrogens with zero attached hydrogens (tertiary/aromatic N) is 1. The zero-order valence-electron chi connectivity index (χ0n) is 20.6. The van der Waals surface area contributed by atoms with Crippen LogP contribution in [0.1, 0.15) is 87.9 Å². The normalized spacial score (nSPS) is 15.7. The van der Waals surface area contributed by atoms with Crippen LogP contribution in [0, 0.1) is 0 Å². The van der Waals surface area contributed by atoms with Gasteiger partial charge in [0, 0.05) is 18.7 Å². The Kier molecular flexibility index (Phi) is 13.0. The van der Waals surface area contributed by atoms with E-state index in [4.69, 9.17) is 9.47 Å². The molecule has 1 fully saturated rings. The lowest BCUT2D eigenvalue weighted by Crippen LogP contribution is -2.57. The third kappa shape index (κ3) is 9.28. The summed E-state index contributed by atoms with van der Waals surface area (Å²) in [6.45, 7) is 3.27. The second-order valence-electron chi connectivity index (χ2n) is 8.76. The van der Waals surface area contributed by atoms with Crippen molar-refractivity contribution in [1.82, 2.24) is 10.2 Å². The molecule has 34 heavy (non-hydrogen) atoms. The second kappa shape index (κ2) is 15.7. The molecule has 0 aromatic heterocycles. The van der Waals surface area contributed by atoms with Gasteiger partial charge in [0.05, 0.1) is 24.6 Å². The number of piperazine rings is 1. The summed E-state index contributed by atoms with van der Waals surface area (Å²) < 4.78 is 11.2. The van der Waals surface area contributed by atoms with Crippen molar-refractivity contribution in [2.24, 2.45) is 0 Å². The summed E-state index contributed by atoms with van der Waals surface area (Å²) in [6, 6.07) is 4.13. The Hall–Kier alpha value is -2.09. The number of rotatable bonds is 15. The van der Waals surface area contributed by atoms with Crippen LogP contribution in [-0.4, -0.2) is 55.5 Å². The molecule has 0 radical (unpaired) electrons. The van der Waals surface area contributed by atoms with Crippen LogP contribution in [0.5, 0.6) is 5.75 Å². The van der Waals surface area contributed by atoms with E-state index >= 15 is 0 Å². The maximum absolute atomic E-state index is 13.1. The number of halogens is 1. The predicted molar refractivity (Wildman–Crippen MR) is 136 cm³/mol. The highest BCUT2D eigenvalue weighted by atomic mass is 79.9. The Bertz CT molecular complexity index is 801. The van der Waals surface area contributed by atoms with Crippen LogP contribution >= 0.6 is 15.9 Å². The monoisotopic (exact) mass is 538 g/mol. The molecule has 1 aromatic carbocycles. The van der Waals surface area contributed by atoms with Gasteiger partial charge in [0.1, 0.15) is 11.8 Å². The van der Waals surface area contributed by atoms with Gasteiger partial charge in [-0.3, -0.25) is 14.4 Å². The van der Waals surface area contributed by atoms with Crippen molar-refractivity contribution in [2.75, 3.05) is 26.8 Å². The molecule has 7 nitrogen and oxygen atoms in total. The number of methoxy groups -OCH3 is 1. The van der Waals surface area contributed by atoms with Crippen LogP contribution in [0.15, 0.2) is 22.7 Å². The molecule has 8 heteroatoms. The number of unbranched alkanes of at least 4 members (excludes halogenated alkanes) is 9. The average molecular weight is 540 g/mol. The van der Waals surface area contributed by atoms with E-state index in [1.54, 1.807) is 25.3 Å². The van der Waals surface area contributed by atoms with E-state index in [0.29, 0.717) is 35.5 Å². The van der Waals surface area contributed by atoms with Crippen LogP contribution in [0.4, 0.5) is 0 Å². The van der Waals surface area contributed by atoms with E-state index in [2.05, 4.69) is 28.2 Å². The SMILES string of the molecule is CCCCCCCCCCCCOC(=O)CC1C(=O)NCCN1C(=O)c1ccc(OC)c(Br)c1. The first-order chi connectivity index (χ1) is 16.5. The molecule has 1 unspecified atom stereocenters. The Labute approximate surface area is 212 Å². The quantitative estimate of drug-likeness (QED) is 0.243. The highest BCUT2D eigenvalue weighted by Crippen LogP contribution is 2.27. The van der Waals surface area contributed by atoms with Gasteiger partial charge in [-0.1, -0.05) is 64.7 Å². The van der Waals surface area contributed by atoms with Gasteiger partial charge in [0.25, 0.3) is 5.91 Å². The highest BCUT2D eigenvalue weighted by molar-refractivity contribution is 9.10. The van der Waals surface area contributed by atoms with Crippen LogP contribution < -0.4 is 10.1 Å². The summed E-state index contributed by atoms with van der Waals surface area (Å²) in [7, 11) is 1.55. The van der Waals surface area contributed by atoms with Gasteiger partial charge < -0.3 is 19.7 Å². The van der Waals surface area contributed by atoms with Gasteiger partial charge in [-0.2, -0.15) is 0 Å². The largest absolute Gasteiger partial charge is 0.496 e. The first-order valence-corrected chi connectivity index (χ1v) is 13.3. The topological polar surface area (TPSA) is 84.9 Å². The molecule has 1 N–H and O–H groups in total. The van der Waals surface area contributed by atoms with Gasteiger partial charge in [-0.15, -0.1) is 0 Å². The molecule has 190 valence electrons. The molecule has 1 heterocycles. The van der Waals surface area contributed by atoms with Crippen LogP contribution in [0.2, 0.25) is 0 Å². The zero-order chi connectivity index (χ0) is 24.8. The predicted octanol–water partition coefficient (Wildman–Crippen LogP) is 5.25. The lowest BCUT2D eigenvalue weighted by atomic mass is 10.1. The highest BCUT2D eigenvalue weighted by Gasteiger charge is 2.35. The zero-order valence-corrected chi connectivity index (χ0v) is 22.2. The van der Waals surface area contributed by atoms with Gasteiger partial charge in [-0.05, 0) is 40.5 Å². The van der Waals surface area contributed by atoms with Crippen molar-refractivity contribution in [3.8, 4) is 5.75 Å². The van der Waals surface area contributed by atoms with Crippen molar-refractivity contribution >= 4 is 33.7 Å². The Balaban J connectivity index is 1.74. The van der Waals surface area contributed by atoms with E-state index in [-0.39, 0.29) is 18.2 Å². The molecule has 0 saturated carbocycles. The van der Waals surface area contributed by atoms with Gasteiger partial charge in [0.15, 0.2) is 0 Å².